The third-order valence-electron chi connectivity index (χ3n) is 3.18. The van der Waals surface area contributed by atoms with Crippen LogP contribution in [0.25, 0.3) is 0 Å². The summed E-state index contributed by atoms with van der Waals surface area (Å²) in [5.74, 6) is -0.346. The minimum absolute atomic E-state index is 0.346. The van der Waals surface area contributed by atoms with E-state index in [1.807, 2.05) is 0 Å². The number of methoxy groups -OCH3 is 1. The Kier molecular flexibility index (Phi) is 4.29. The van der Waals surface area contributed by atoms with Crippen molar-refractivity contribution >= 4 is 5.97 Å². The minimum Gasteiger partial charge on any atom is -0.468 e. The molecule has 0 radical (unpaired) electrons. The van der Waals surface area contributed by atoms with Gasteiger partial charge in [0.2, 0.25) is 0 Å². The van der Waals surface area contributed by atoms with E-state index < -0.39 is 5.54 Å². The summed E-state index contributed by atoms with van der Waals surface area (Å²) in [4.78, 5) is 15.9. The molecule has 94 valence electrons. The molecule has 0 aromatic rings. The van der Waals surface area contributed by atoms with E-state index in [0.717, 1.165) is 19.5 Å². The molecule has 1 fully saturated rings. The molecule has 1 aliphatic rings. The largest absolute Gasteiger partial charge is 0.468 e. The van der Waals surface area contributed by atoms with Crippen molar-refractivity contribution in [3.63, 3.8) is 0 Å². The number of hydrogen-bond donors (Lipinski definition) is 1. The molecule has 1 aliphatic heterocycles. The second-order valence-electron chi connectivity index (χ2n) is 5.05. The molecule has 0 aromatic heterocycles. The van der Waals surface area contributed by atoms with E-state index >= 15 is 0 Å². The van der Waals surface area contributed by atoms with Crippen LogP contribution < -0.4 is 5.73 Å². The highest BCUT2D eigenvalue weighted by atomic mass is 16.5. The van der Waals surface area contributed by atoms with Crippen molar-refractivity contribution in [1.29, 1.82) is 0 Å². The van der Waals surface area contributed by atoms with Crippen LogP contribution >= 0.6 is 0 Å². The summed E-state index contributed by atoms with van der Waals surface area (Å²) in [5.41, 5.74) is 5.04. The average Bonchev–Trinajstić information content (AvgIpc) is 2.64. The fourth-order valence-electron chi connectivity index (χ4n) is 2.14. The summed E-state index contributed by atoms with van der Waals surface area (Å²) in [6.07, 6.45) is 1.13. The number of likely N-dealkylation sites (tertiary alicyclic amines) is 1. The Hall–Kier alpha value is -0.650. The SMILES string of the molecule is COC(=O)C(C)(N)CN1CCC(N(C)C)C1. The molecule has 5 heteroatoms. The van der Waals surface area contributed by atoms with Crippen molar-refractivity contribution in [2.24, 2.45) is 5.73 Å². The van der Waals surface area contributed by atoms with Gasteiger partial charge in [0.1, 0.15) is 5.54 Å². The normalized spacial score (nSPS) is 25.8. The van der Waals surface area contributed by atoms with Crippen molar-refractivity contribution < 1.29 is 9.53 Å². The highest BCUT2D eigenvalue weighted by molar-refractivity contribution is 5.80. The number of hydrogen-bond acceptors (Lipinski definition) is 5. The van der Waals surface area contributed by atoms with Crippen LogP contribution in [0.3, 0.4) is 0 Å². The van der Waals surface area contributed by atoms with Crippen LogP contribution in [0.5, 0.6) is 0 Å². The molecule has 2 N–H and O–H groups in total. The van der Waals surface area contributed by atoms with Crippen molar-refractivity contribution in [3.8, 4) is 0 Å². The summed E-state index contributed by atoms with van der Waals surface area (Å²) in [6, 6.07) is 0.563. The highest BCUT2D eigenvalue weighted by Crippen LogP contribution is 2.16. The second-order valence-corrected chi connectivity index (χ2v) is 5.05. The van der Waals surface area contributed by atoms with E-state index in [1.54, 1.807) is 6.92 Å². The third kappa shape index (κ3) is 3.17. The first-order chi connectivity index (χ1) is 7.36. The van der Waals surface area contributed by atoms with E-state index in [0.29, 0.717) is 12.6 Å². The summed E-state index contributed by atoms with van der Waals surface area (Å²) in [6.45, 7) is 4.25. The van der Waals surface area contributed by atoms with E-state index in [1.165, 1.54) is 7.11 Å². The lowest BCUT2D eigenvalue weighted by molar-refractivity contribution is -0.147. The number of esters is 1. The van der Waals surface area contributed by atoms with E-state index in [9.17, 15) is 4.79 Å². The molecule has 1 saturated heterocycles. The van der Waals surface area contributed by atoms with Gasteiger partial charge in [0, 0.05) is 19.1 Å². The zero-order valence-electron chi connectivity index (χ0n) is 10.7. The van der Waals surface area contributed by atoms with Gasteiger partial charge in [-0.25, -0.2) is 0 Å². The lowest BCUT2D eigenvalue weighted by atomic mass is 10.0. The quantitative estimate of drug-likeness (QED) is 0.659. The smallest absolute Gasteiger partial charge is 0.326 e. The Labute approximate surface area is 97.5 Å². The predicted molar refractivity (Wildman–Crippen MR) is 63.1 cm³/mol. The van der Waals surface area contributed by atoms with E-state index in [2.05, 4.69) is 23.9 Å². The maximum atomic E-state index is 11.5. The number of ether oxygens (including phenoxy) is 1. The lowest BCUT2D eigenvalue weighted by Crippen LogP contribution is -2.54. The van der Waals surface area contributed by atoms with Crippen molar-refractivity contribution in [1.82, 2.24) is 9.80 Å². The fraction of sp³-hybridized carbons (Fsp3) is 0.909. The first-order valence-electron chi connectivity index (χ1n) is 5.63. The Morgan fingerprint density at radius 2 is 2.25 bits per heavy atom. The number of nitrogens with zero attached hydrogens (tertiary/aromatic N) is 2. The third-order valence-corrected chi connectivity index (χ3v) is 3.18. The van der Waals surface area contributed by atoms with Gasteiger partial charge in [-0.3, -0.25) is 9.69 Å². The van der Waals surface area contributed by atoms with Gasteiger partial charge in [-0.2, -0.15) is 0 Å². The zero-order valence-corrected chi connectivity index (χ0v) is 10.7. The molecule has 0 bridgehead atoms. The molecule has 0 amide bonds. The van der Waals surface area contributed by atoms with Crippen LogP contribution in [0.4, 0.5) is 0 Å². The monoisotopic (exact) mass is 229 g/mol. The van der Waals surface area contributed by atoms with Gasteiger partial charge >= 0.3 is 5.97 Å². The molecule has 2 atom stereocenters. The van der Waals surface area contributed by atoms with Crippen LogP contribution in [0.1, 0.15) is 13.3 Å². The van der Waals surface area contributed by atoms with Gasteiger partial charge < -0.3 is 15.4 Å². The predicted octanol–water partition coefficient (Wildman–Crippen LogP) is -0.487. The Morgan fingerprint density at radius 1 is 1.62 bits per heavy atom. The van der Waals surface area contributed by atoms with Crippen LogP contribution in [0.2, 0.25) is 0 Å². The first kappa shape index (κ1) is 13.4. The number of nitrogens with two attached hydrogens (primary N) is 1. The summed E-state index contributed by atoms with van der Waals surface area (Å²) in [5, 5.41) is 0. The Bertz CT molecular complexity index is 254. The molecule has 16 heavy (non-hydrogen) atoms. The molecule has 0 spiro atoms. The molecular weight excluding hydrogens is 206 g/mol. The summed E-state index contributed by atoms with van der Waals surface area (Å²) < 4.78 is 4.70. The topological polar surface area (TPSA) is 58.8 Å². The average molecular weight is 229 g/mol. The van der Waals surface area contributed by atoms with Crippen molar-refractivity contribution in [2.45, 2.75) is 24.9 Å². The maximum absolute atomic E-state index is 11.5. The van der Waals surface area contributed by atoms with Gasteiger partial charge in [0.15, 0.2) is 0 Å². The Morgan fingerprint density at radius 3 is 2.69 bits per heavy atom. The molecule has 0 aromatic carbocycles. The van der Waals surface area contributed by atoms with Gasteiger partial charge in [0.05, 0.1) is 7.11 Å². The van der Waals surface area contributed by atoms with E-state index in [-0.39, 0.29) is 5.97 Å². The second kappa shape index (κ2) is 5.12. The summed E-state index contributed by atoms with van der Waals surface area (Å²) in [7, 11) is 5.53. The molecule has 0 aliphatic carbocycles. The van der Waals surface area contributed by atoms with Gasteiger partial charge in [-0.05, 0) is 34.0 Å². The van der Waals surface area contributed by atoms with Gasteiger partial charge in [-0.15, -0.1) is 0 Å². The van der Waals surface area contributed by atoms with Crippen LogP contribution in [0.15, 0.2) is 0 Å². The van der Waals surface area contributed by atoms with Crippen molar-refractivity contribution in [3.05, 3.63) is 0 Å². The first-order valence-corrected chi connectivity index (χ1v) is 5.63. The fourth-order valence-corrected chi connectivity index (χ4v) is 2.14. The highest BCUT2D eigenvalue weighted by Gasteiger charge is 2.34. The van der Waals surface area contributed by atoms with E-state index in [4.69, 9.17) is 10.5 Å². The van der Waals surface area contributed by atoms with Crippen LogP contribution in [-0.2, 0) is 9.53 Å². The maximum Gasteiger partial charge on any atom is 0.326 e. The number of rotatable bonds is 4. The number of carbonyl (C=O) groups excluding carboxylic acids is 1. The standard InChI is InChI=1S/C11H23N3O2/c1-11(12,10(15)16-4)8-14-6-5-9(7-14)13(2)3/h9H,5-8,12H2,1-4H3. The molecule has 1 heterocycles. The minimum atomic E-state index is -0.907. The molecule has 1 rings (SSSR count). The Balaban J connectivity index is 2.47. The van der Waals surface area contributed by atoms with Crippen LogP contribution in [-0.4, -0.2) is 68.2 Å². The summed E-state index contributed by atoms with van der Waals surface area (Å²) >= 11 is 0. The number of likely N-dealkylation sites (N-methyl/N-ethyl adjacent to an activating group) is 1. The molecular formula is C11H23N3O2. The zero-order chi connectivity index (χ0) is 12.3. The molecule has 2 unspecified atom stereocenters. The molecule has 0 saturated carbocycles. The van der Waals surface area contributed by atoms with Crippen LogP contribution in [0, 0.1) is 0 Å². The lowest BCUT2D eigenvalue weighted by Gasteiger charge is -2.28. The van der Waals surface area contributed by atoms with Gasteiger partial charge in [-0.1, -0.05) is 0 Å². The number of carbonyl (C=O) groups is 1. The van der Waals surface area contributed by atoms with Crippen molar-refractivity contribution in [2.75, 3.05) is 40.8 Å². The molecule has 5 nitrogen and oxygen atoms in total. The van der Waals surface area contributed by atoms with Gasteiger partial charge in [0.25, 0.3) is 0 Å².